The standard InChI is InChI=1S/C19H19N3OS/c1-13-6-7-16-17(10-13)21-19(20-16)24-12-18(23)22-9-8-14-4-2-3-5-15(14)11-22/h2-7,10H,8-9,11-12H2,1H3,(H,20,21). The summed E-state index contributed by atoms with van der Waals surface area (Å²) in [5, 5.41) is 0.807. The minimum atomic E-state index is 0.172. The van der Waals surface area contributed by atoms with Gasteiger partial charge in [0.1, 0.15) is 0 Å². The summed E-state index contributed by atoms with van der Waals surface area (Å²) in [6.07, 6.45) is 0.941. The van der Waals surface area contributed by atoms with Gasteiger partial charge in [0.15, 0.2) is 5.16 Å². The first-order valence-corrected chi connectivity index (χ1v) is 9.11. The maximum absolute atomic E-state index is 12.5. The van der Waals surface area contributed by atoms with Crippen molar-refractivity contribution in [3.05, 3.63) is 59.2 Å². The summed E-state index contributed by atoms with van der Waals surface area (Å²) >= 11 is 1.48. The summed E-state index contributed by atoms with van der Waals surface area (Å²) in [4.78, 5) is 22.3. The molecule has 2 aromatic carbocycles. The number of fused-ring (bicyclic) bond motifs is 2. The Labute approximate surface area is 145 Å². The number of aromatic amines is 1. The van der Waals surface area contributed by atoms with E-state index in [9.17, 15) is 4.79 Å². The van der Waals surface area contributed by atoms with Crippen LogP contribution in [0.5, 0.6) is 0 Å². The molecule has 3 aromatic rings. The number of benzene rings is 2. The van der Waals surface area contributed by atoms with Gasteiger partial charge < -0.3 is 9.88 Å². The SMILES string of the molecule is Cc1ccc2nc(SCC(=O)N3CCc4ccccc4C3)[nH]c2c1. The summed E-state index contributed by atoms with van der Waals surface area (Å²) in [6, 6.07) is 14.5. The van der Waals surface area contributed by atoms with Crippen molar-refractivity contribution in [1.82, 2.24) is 14.9 Å². The average molecular weight is 337 g/mol. The van der Waals surface area contributed by atoms with Gasteiger partial charge in [0.25, 0.3) is 0 Å². The van der Waals surface area contributed by atoms with Crippen molar-refractivity contribution in [3.63, 3.8) is 0 Å². The lowest BCUT2D eigenvalue weighted by atomic mass is 10.00. The number of hydrogen-bond donors (Lipinski definition) is 1. The molecule has 122 valence electrons. The number of amides is 1. The van der Waals surface area contributed by atoms with E-state index in [1.165, 1.54) is 28.5 Å². The van der Waals surface area contributed by atoms with Gasteiger partial charge >= 0.3 is 0 Å². The minimum absolute atomic E-state index is 0.172. The molecule has 0 saturated heterocycles. The van der Waals surface area contributed by atoms with Crippen molar-refractivity contribution in [2.75, 3.05) is 12.3 Å². The Kier molecular flexibility index (Phi) is 4.02. The number of nitrogens with zero attached hydrogens (tertiary/aromatic N) is 2. The molecule has 1 N–H and O–H groups in total. The average Bonchev–Trinajstić information content (AvgIpc) is 3.01. The molecule has 0 fully saturated rings. The van der Waals surface area contributed by atoms with Crippen molar-refractivity contribution in [2.45, 2.75) is 25.0 Å². The minimum Gasteiger partial charge on any atom is -0.337 e. The second-order valence-electron chi connectivity index (χ2n) is 6.19. The Balaban J connectivity index is 1.41. The highest BCUT2D eigenvalue weighted by atomic mass is 32.2. The monoisotopic (exact) mass is 337 g/mol. The van der Waals surface area contributed by atoms with E-state index in [2.05, 4.69) is 41.2 Å². The molecule has 0 aliphatic carbocycles. The molecule has 0 unspecified atom stereocenters. The number of imidazole rings is 1. The Morgan fingerprint density at radius 2 is 2.08 bits per heavy atom. The summed E-state index contributed by atoms with van der Waals surface area (Å²) in [5.74, 6) is 0.590. The van der Waals surface area contributed by atoms with Crippen LogP contribution in [0, 0.1) is 6.92 Å². The molecular formula is C19H19N3OS. The lowest BCUT2D eigenvalue weighted by Crippen LogP contribution is -2.37. The highest BCUT2D eigenvalue weighted by molar-refractivity contribution is 7.99. The van der Waals surface area contributed by atoms with Gasteiger partial charge in [-0.25, -0.2) is 4.98 Å². The second kappa shape index (κ2) is 6.32. The van der Waals surface area contributed by atoms with Crippen LogP contribution in [-0.4, -0.2) is 33.1 Å². The van der Waals surface area contributed by atoms with E-state index in [1.807, 2.05) is 23.1 Å². The first-order valence-electron chi connectivity index (χ1n) is 8.13. The lowest BCUT2D eigenvalue weighted by Gasteiger charge is -2.28. The zero-order valence-electron chi connectivity index (χ0n) is 13.6. The molecule has 1 aromatic heterocycles. The van der Waals surface area contributed by atoms with Gasteiger partial charge in [-0.15, -0.1) is 0 Å². The van der Waals surface area contributed by atoms with E-state index in [0.29, 0.717) is 5.75 Å². The number of rotatable bonds is 3. The normalized spacial score (nSPS) is 14.0. The maximum atomic E-state index is 12.5. The molecule has 4 rings (SSSR count). The number of carbonyl (C=O) groups excluding carboxylic acids is 1. The first-order chi connectivity index (χ1) is 11.7. The van der Waals surface area contributed by atoms with E-state index in [4.69, 9.17) is 0 Å². The van der Waals surface area contributed by atoms with Gasteiger partial charge in [-0.2, -0.15) is 0 Å². The van der Waals surface area contributed by atoms with Crippen LogP contribution in [0.1, 0.15) is 16.7 Å². The zero-order chi connectivity index (χ0) is 16.5. The van der Waals surface area contributed by atoms with E-state index in [-0.39, 0.29) is 5.91 Å². The molecule has 0 atom stereocenters. The van der Waals surface area contributed by atoms with Crippen molar-refractivity contribution in [1.29, 1.82) is 0 Å². The van der Waals surface area contributed by atoms with Gasteiger partial charge in [0, 0.05) is 13.1 Å². The largest absolute Gasteiger partial charge is 0.337 e. The molecule has 0 bridgehead atoms. The van der Waals surface area contributed by atoms with Gasteiger partial charge in [0.2, 0.25) is 5.91 Å². The third-order valence-electron chi connectivity index (χ3n) is 4.43. The Hall–Kier alpha value is -2.27. The van der Waals surface area contributed by atoms with Gasteiger partial charge in [-0.1, -0.05) is 42.1 Å². The molecule has 0 spiro atoms. The summed E-state index contributed by atoms with van der Waals surface area (Å²) in [6.45, 7) is 3.58. The van der Waals surface area contributed by atoms with Crippen LogP contribution in [0.2, 0.25) is 0 Å². The number of nitrogens with one attached hydrogen (secondary N) is 1. The van der Waals surface area contributed by atoms with E-state index < -0.39 is 0 Å². The van der Waals surface area contributed by atoms with Crippen LogP contribution in [0.25, 0.3) is 11.0 Å². The Morgan fingerprint density at radius 1 is 1.25 bits per heavy atom. The topological polar surface area (TPSA) is 49.0 Å². The third-order valence-corrected chi connectivity index (χ3v) is 5.29. The van der Waals surface area contributed by atoms with Crippen LogP contribution >= 0.6 is 11.8 Å². The van der Waals surface area contributed by atoms with E-state index in [0.717, 1.165) is 35.7 Å². The molecule has 1 aliphatic rings. The van der Waals surface area contributed by atoms with Crippen molar-refractivity contribution < 1.29 is 4.79 Å². The quantitative estimate of drug-likeness (QED) is 0.744. The highest BCUT2D eigenvalue weighted by Crippen LogP contribution is 2.23. The van der Waals surface area contributed by atoms with Gasteiger partial charge in [-0.3, -0.25) is 4.79 Å². The number of hydrogen-bond acceptors (Lipinski definition) is 3. The number of H-pyrrole nitrogens is 1. The smallest absolute Gasteiger partial charge is 0.233 e. The van der Waals surface area contributed by atoms with Crippen LogP contribution < -0.4 is 0 Å². The molecule has 0 radical (unpaired) electrons. The highest BCUT2D eigenvalue weighted by Gasteiger charge is 2.20. The second-order valence-corrected chi connectivity index (χ2v) is 7.15. The number of carbonyl (C=O) groups is 1. The fourth-order valence-corrected chi connectivity index (χ4v) is 3.89. The zero-order valence-corrected chi connectivity index (χ0v) is 14.4. The van der Waals surface area contributed by atoms with E-state index in [1.54, 1.807) is 0 Å². The van der Waals surface area contributed by atoms with Crippen molar-refractivity contribution in [3.8, 4) is 0 Å². The van der Waals surface area contributed by atoms with Crippen molar-refractivity contribution in [2.24, 2.45) is 0 Å². The Bertz CT molecular complexity index is 903. The number of aryl methyl sites for hydroxylation is 1. The molecule has 1 amide bonds. The Morgan fingerprint density at radius 3 is 2.96 bits per heavy atom. The van der Waals surface area contributed by atoms with Gasteiger partial charge in [-0.05, 0) is 42.2 Å². The molecule has 5 heteroatoms. The molecule has 0 saturated carbocycles. The fourth-order valence-electron chi connectivity index (χ4n) is 3.10. The first kappa shape index (κ1) is 15.3. The predicted octanol–water partition coefficient (Wildman–Crippen LogP) is 3.55. The van der Waals surface area contributed by atoms with Crippen molar-refractivity contribution >= 4 is 28.7 Å². The van der Waals surface area contributed by atoms with Crippen LogP contribution in [0.3, 0.4) is 0 Å². The number of thioether (sulfide) groups is 1. The van der Waals surface area contributed by atoms with Crippen LogP contribution in [-0.2, 0) is 17.8 Å². The molecule has 4 nitrogen and oxygen atoms in total. The summed E-state index contributed by atoms with van der Waals surface area (Å²) in [5.41, 5.74) is 5.80. The lowest BCUT2D eigenvalue weighted by molar-refractivity contribution is -0.129. The third kappa shape index (κ3) is 3.04. The van der Waals surface area contributed by atoms with Crippen LogP contribution in [0.4, 0.5) is 0 Å². The van der Waals surface area contributed by atoms with Gasteiger partial charge in [0.05, 0.1) is 16.8 Å². The molecule has 2 heterocycles. The van der Waals surface area contributed by atoms with Crippen LogP contribution in [0.15, 0.2) is 47.6 Å². The molecule has 1 aliphatic heterocycles. The summed E-state index contributed by atoms with van der Waals surface area (Å²) in [7, 11) is 0. The molecular weight excluding hydrogens is 318 g/mol. The number of aromatic nitrogens is 2. The predicted molar refractivity (Wildman–Crippen MR) is 97.1 cm³/mol. The maximum Gasteiger partial charge on any atom is 0.233 e. The summed E-state index contributed by atoms with van der Waals surface area (Å²) < 4.78 is 0. The molecule has 24 heavy (non-hydrogen) atoms. The fraction of sp³-hybridized carbons (Fsp3) is 0.263. The van der Waals surface area contributed by atoms with E-state index >= 15 is 0 Å².